The summed E-state index contributed by atoms with van der Waals surface area (Å²) in [6.07, 6.45) is -4.46. The third-order valence-electron chi connectivity index (χ3n) is 4.15. The van der Waals surface area contributed by atoms with E-state index in [9.17, 15) is 27.2 Å². The van der Waals surface area contributed by atoms with E-state index in [1.165, 1.54) is 24.1 Å². The van der Waals surface area contributed by atoms with Crippen molar-refractivity contribution in [1.29, 1.82) is 0 Å². The van der Waals surface area contributed by atoms with E-state index in [2.05, 4.69) is 10.6 Å². The van der Waals surface area contributed by atoms with E-state index in [4.69, 9.17) is 4.74 Å². The maximum Gasteiger partial charge on any atom is 0.416 e. The Labute approximate surface area is 157 Å². The first-order valence-electron chi connectivity index (χ1n) is 8.11. The summed E-state index contributed by atoms with van der Waals surface area (Å²) in [6.45, 7) is 0.0878. The van der Waals surface area contributed by atoms with E-state index in [1.807, 2.05) is 0 Å². The van der Waals surface area contributed by atoms with Gasteiger partial charge in [-0.3, -0.25) is 4.79 Å². The van der Waals surface area contributed by atoms with Crippen LogP contribution in [0, 0.1) is 5.82 Å². The Kier molecular flexibility index (Phi) is 5.12. The van der Waals surface area contributed by atoms with Crippen LogP contribution < -0.4 is 15.4 Å². The van der Waals surface area contributed by atoms with Gasteiger partial charge in [0.1, 0.15) is 23.4 Å². The van der Waals surface area contributed by atoms with Gasteiger partial charge in [-0.1, -0.05) is 0 Å². The first kappa shape index (κ1) is 19.5. The van der Waals surface area contributed by atoms with Crippen LogP contribution in [-0.4, -0.2) is 36.5 Å². The number of amides is 3. The molecule has 0 spiro atoms. The smallest absolute Gasteiger partial charge is 0.416 e. The molecule has 148 valence electrons. The van der Waals surface area contributed by atoms with Gasteiger partial charge in [0.2, 0.25) is 5.91 Å². The molecule has 2 N–H and O–H groups in total. The van der Waals surface area contributed by atoms with E-state index in [0.717, 1.165) is 30.3 Å². The second-order valence-electron chi connectivity index (χ2n) is 6.07. The highest BCUT2D eigenvalue weighted by Crippen LogP contribution is 2.32. The zero-order chi connectivity index (χ0) is 20.5. The molecule has 3 amide bonds. The molecule has 10 heteroatoms. The number of likely N-dealkylation sites (N-methyl/N-ethyl adjacent to an activating group) is 1. The molecule has 1 fully saturated rings. The lowest BCUT2D eigenvalue weighted by atomic mass is 10.2. The minimum Gasteiger partial charge on any atom is -0.457 e. The molecule has 0 aliphatic carbocycles. The molecule has 0 radical (unpaired) electrons. The lowest BCUT2D eigenvalue weighted by Crippen LogP contribution is -2.40. The first-order valence-corrected chi connectivity index (χ1v) is 8.11. The van der Waals surface area contributed by atoms with Gasteiger partial charge in [0.25, 0.3) is 0 Å². The Morgan fingerprint density at radius 2 is 1.82 bits per heavy atom. The van der Waals surface area contributed by atoms with Crippen LogP contribution in [0.4, 0.5) is 28.0 Å². The zero-order valence-electron chi connectivity index (χ0n) is 14.5. The highest BCUT2D eigenvalue weighted by Gasteiger charge is 2.33. The van der Waals surface area contributed by atoms with Crippen molar-refractivity contribution in [3.63, 3.8) is 0 Å². The predicted octanol–water partition coefficient (Wildman–Crippen LogP) is 3.60. The molecule has 1 heterocycles. The monoisotopic (exact) mass is 397 g/mol. The fourth-order valence-electron chi connectivity index (χ4n) is 2.58. The second kappa shape index (κ2) is 7.37. The molecule has 2 aromatic carbocycles. The van der Waals surface area contributed by atoms with Gasteiger partial charge in [-0.25, -0.2) is 9.18 Å². The number of anilines is 1. The summed E-state index contributed by atoms with van der Waals surface area (Å²) in [5, 5.41) is 4.87. The molecule has 1 atom stereocenters. The van der Waals surface area contributed by atoms with E-state index >= 15 is 0 Å². The van der Waals surface area contributed by atoms with Crippen LogP contribution in [0.5, 0.6) is 11.5 Å². The number of urea groups is 1. The Balaban J connectivity index is 1.73. The van der Waals surface area contributed by atoms with Gasteiger partial charge in [-0.2, -0.15) is 13.2 Å². The first-order chi connectivity index (χ1) is 13.1. The van der Waals surface area contributed by atoms with Crippen molar-refractivity contribution in [2.45, 2.75) is 12.2 Å². The fraction of sp³-hybridized carbons (Fsp3) is 0.222. The molecule has 1 saturated heterocycles. The molecule has 1 unspecified atom stereocenters. The summed E-state index contributed by atoms with van der Waals surface area (Å²) in [5.74, 6) is -1.09. The maximum absolute atomic E-state index is 14.0. The van der Waals surface area contributed by atoms with Crippen molar-refractivity contribution in [3.05, 3.63) is 53.8 Å². The van der Waals surface area contributed by atoms with E-state index in [0.29, 0.717) is 0 Å². The molecule has 0 bridgehead atoms. The quantitative estimate of drug-likeness (QED) is 0.775. The maximum atomic E-state index is 14.0. The molecule has 6 nitrogen and oxygen atoms in total. The summed E-state index contributed by atoms with van der Waals surface area (Å²) in [7, 11) is 1.44. The second-order valence-corrected chi connectivity index (χ2v) is 6.07. The number of rotatable bonds is 4. The number of alkyl halides is 3. The average Bonchev–Trinajstić information content (AvgIpc) is 2.97. The average molecular weight is 397 g/mol. The van der Waals surface area contributed by atoms with Crippen LogP contribution in [0.15, 0.2) is 42.5 Å². The summed E-state index contributed by atoms with van der Waals surface area (Å²) in [6, 6.07) is 6.31. The van der Waals surface area contributed by atoms with Gasteiger partial charge < -0.3 is 20.3 Å². The fourth-order valence-corrected chi connectivity index (χ4v) is 2.58. The lowest BCUT2D eigenvalue weighted by molar-refractivity contribution is -0.137. The molecule has 3 rings (SSSR count). The molecule has 1 aliphatic rings. The SMILES string of the molecule is CN1C(=O)NCC1C(=O)Nc1cc(Oc2ccc(C(F)(F)F)cc2)ccc1F. The molecular formula is C18H15F4N3O3. The number of nitrogens with zero attached hydrogens (tertiary/aromatic N) is 1. The van der Waals surface area contributed by atoms with Crippen molar-refractivity contribution in [2.75, 3.05) is 18.9 Å². The van der Waals surface area contributed by atoms with Crippen molar-refractivity contribution < 1.29 is 31.9 Å². The van der Waals surface area contributed by atoms with Crippen LogP contribution in [-0.2, 0) is 11.0 Å². The molecule has 0 aromatic heterocycles. The summed E-state index contributed by atoms with van der Waals surface area (Å²) in [4.78, 5) is 24.9. The standard InChI is InChI=1S/C18H15F4N3O3/c1-25-15(9-23-17(25)27)16(26)24-14-8-12(6-7-13(14)19)28-11-4-2-10(3-5-11)18(20,21)22/h2-8,15H,9H2,1H3,(H,23,27)(H,24,26). The van der Waals surface area contributed by atoms with Gasteiger partial charge in [-0.05, 0) is 36.4 Å². The predicted molar refractivity (Wildman–Crippen MR) is 91.5 cm³/mol. The number of halogens is 4. The number of benzene rings is 2. The van der Waals surface area contributed by atoms with Crippen LogP contribution in [0.3, 0.4) is 0 Å². The highest BCUT2D eigenvalue weighted by molar-refractivity contribution is 5.99. The van der Waals surface area contributed by atoms with E-state index < -0.39 is 35.5 Å². The molecule has 2 aromatic rings. The largest absolute Gasteiger partial charge is 0.457 e. The van der Waals surface area contributed by atoms with E-state index in [-0.39, 0.29) is 23.7 Å². The van der Waals surface area contributed by atoms with Gasteiger partial charge in [0.05, 0.1) is 11.3 Å². The summed E-state index contributed by atoms with van der Waals surface area (Å²) < 4.78 is 57.2. The zero-order valence-corrected chi connectivity index (χ0v) is 14.5. The third kappa shape index (κ3) is 4.16. The molecule has 1 aliphatic heterocycles. The molecule has 0 saturated carbocycles. The number of carbonyl (C=O) groups excluding carboxylic acids is 2. The number of carbonyl (C=O) groups is 2. The van der Waals surface area contributed by atoms with Crippen LogP contribution in [0.25, 0.3) is 0 Å². The van der Waals surface area contributed by atoms with Gasteiger partial charge in [0.15, 0.2) is 0 Å². The topological polar surface area (TPSA) is 70.7 Å². The third-order valence-corrected chi connectivity index (χ3v) is 4.15. The Hall–Kier alpha value is -3.30. The molecular weight excluding hydrogens is 382 g/mol. The van der Waals surface area contributed by atoms with Crippen molar-refractivity contribution in [1.82, 2.24) is 10.2 Å². The Morgan fingerprint density at radius 3 is 2.39 bits per heavy atom. The highest BCUT2D eigenvalue weighted by atomic mass is 19.4. The van der Waals surface area contributed by atoms with Crippen LogP contribution >= 0.6 is 0 Å². The Bertz CT molecular complexity index is 900. The summed E-state index contributed by atoms with van der Waals surface area (Å²) in [5.41, 5.74) is -1.00. The van der Waals surface area contributed by atoms with Crippen LogP contribution in [0.2, 0.25) is 0 Å². The van der Waals surface area contributed by atoms with Crippen molar-refractivity contribution >= 4 is 17.6 Å². The lowest BCUT2D eigenvalue weighted by Gasteiger charge is -2.18. The van der Waals surface area contributed by atoms with E-state index in [1.54, 1.807) is 0 Å². The van der Waals surface area contributed by atoms with Gasteiger partial charge in [-0.15, -0.1) is 0 Å². The number of ether oxygens (including phenoxy) is 1. The van der Waals surface area contributed by atoms with Gasteiger partial charge >= 0.3 is 12.2 Å². The number of hydrogen-bond donors (Lipinski definition) is 2. The number of nitrogens with one attached hydrogen (secondary N) is 2. The minimum atomic E-state index is -4.46. The Morgan fingerprint density at radius 1 is 1.18 bits per heavy atom. The molecule has 28 heavy (non-hydrogen) atoms. The number of hydrogen-bond acceptors (Lipinski definition) is 3. The normalized spacial score (nSPS) is 16.7. The minimum absolute atomic E-state index is 0.0878. The van der Waals surface area contributed by atoms with Crippen molar-refractivity contribution in [3.8, 4) is 11.5 Å². The summed E-state index contributed by atoms with van der Waals surface area (Å²) >= 11 is 0. The van der Waals surface area contributed by atoms with Crippen molar-refractivity contribution in [2.24, 2.45) is 0 Å². The van der Waals surface area contributed by atoms with Crippen LogP contribution in [0.1, 0.15) is 5.56 Å². The van der Waals surface area contributed by atoms with Gasteiger partial charge in [0, 0.05) is 19.7 Å².